The zero-order valence-corrected chi connectivity index (χ0v) is 11.7. The molecular weight excluding hydrogens is 271 g/mol. The van der Waals surface area contributed by atoms with E-state index in [1.165, 1.54) is 0 Å². The van der Waals surface area contributed by atoms with Crippen molar-refractivity contribution in [3.05, 3.63) is 33.8 Å². The van der Waals surface area contributed by atoms with Crippen molar-refractivity contribution in [1.29, 1.82) is 0 Å². The molecule has 1 saturated heterocycles. The fraction of sp³-hybridized carbons (Fsp3) is 0.462. The molecule has 1 aromatic carbocycles. The van der Waals surface area contributed by atoms with E-state index in [0.717, 1.165) is 37.3 Å². The molecule has 0 bridgehead atoms. The number of likely N-dealkylation sites (tertiary alicyclic amines) is 1. The van der Waals surface area contributed by atoms with Crippen molar-refractivity contribution in [2.45, 2.75) is 19.9 Å². The number of benzene rings is 1. The van der Waals surface area contributed by atoms with Crippen molar-refractivity contribution in [2.24, 2.45) is 11.1 Å². The first-order valence-corrected chi connectivity index (χ1v) is 6.73. The summed E-state index contributed by atoms with van der Waals surface area (Å²) < 4.78 is 0. The molecule has 1 unspecified atom stereocenters. The third kappa shape index (κ3) is 3.16. The van der Waals surface area contributed by atoms with Crippen molar-refractivity contribution in [3.8, 4) is 0 Å². The topological polar surface area (TPSA) is 35.8 Å². The zero-order valence-electron chi connectivity index (χ0n) is 10.2. The zero-order chi connectivity index (χ0) is 13.1. The van der Waals surface area contributed by atoms with Crippen LogP contribution >= 0.6 is 23.2 Å². The molecule has 3 nitrogen and oxygen atoms in total. The summed E-state index contributed by atoms with van der Waals surface area (Å²) in [5.74, 6) is 0.287. The SMILES string of the molecule is CC1CN(Cc2ccc(Cl)cc2Cl)CC/C1=N\O. The third-order valence-corrected chi connectivity index (χ3v) is 3.91. The lowest BCUT2D eigenvalue weighted by atomic mass is 9.97. The number of rotatable bonds is 2. The van der Waals surface area contributed by atoms with Crippen molar-refractivity contribution < 1.29 is 5.21 Å². The summed E-state index contributed by atoms with van der Waals surface area (Å²) >= 11 is 12.0. The highest BCUT2D eigenvalue weighted by atomic mass is 35.5. The number of piperidine rings is 1. The molecule has 1 aliphatic heterocycles. The van der Waals surface area contributed by atoms with Gasteiger partial charge in [-0.3, -0.25) is 4.90 Å². The Hall–Kier alpha value is -0.770. The molecule has 5 heteroatoms. The van der Waals surface area contributed by atoms with Crippen LogP contribution in [0, 0.1) is 5.92 Å². The van der Waals surface area contributed by atoms with E-state index in [1.807, 2.05) is 12.1 Å². The van der Waals surface area contributed by atoms with Gasteiger partial charge in [0.1, 0.15) is 0 Å². The second kappa shape index (κ2) is 5.91. The van der Waals surface area contributed by atoms with Gasteiger partial charge >= 0.3 is 0 Å². The number of nitrogens with zero attached hydrogens (tertiary/aromatic N) is 2. The van der Waals surface area contributed by atoms with Crippen LogP contribution in [0.25, 0.3) is 0 Å². The molecule has 1 aliphatic rings. The number of halogens is 2. The summed E-state index contributed by atoms with van der Waals surface area (Å²) in [6.07, 6.45) is 0.808. The van der Waals surface area contributed by atoms with Crippen LogP contribution in [0.4, 0.5) is 0 Å². The van der Waals surface area contributed by atoms with Crippen molar-refractivity contribution in [3.63, 3.8) is 0 Å². The van der Waals surface area contributed by atoms with Gasteiger partial charge in [0.25, 0.3) is 0 Å². The Morgan fingerprint density at radius 3 is 2.83 bits per heavy atom. The lowest BCUT2D eigenvalue weighted by Gasteiger charge is -2.31. The summed E-state index contributed by atoms with van der Waals surface area (Å²) in [6, 6.07) is 5.59. The number of hydrogen-bond donors (Lipinski definition) is 1. The van der Waals surface area contributed by atoms with Gasteiger partial charge in [-0.2, -0.15) is 0 Å². The van der Waals surface area contributed by atoms with Crippen LogP contribution in [-0.4, -0.2) is 28.9 Å². The van der Waals surface area contributed by atoms with E-state index in [2.05, 4.69) is 17.0 Å². The average Bonchev–Trinajstić information content (AvgIpc) is 2.33. The highest BCUT2D eigenvalue weighted by molar-refractivity contribution is 6.35. The minimum atomic E-state index is 0.287. The highest BCUT2D eigenvalue weighted by Crippen LogP contribution is 2.24. The van der Waals surface area contributed by atoms with Crippen LogP contribution in [-0.2, 0) is 6.54 Å². The highest BCUT2D eigenvalue weighted by Gasteiger charge is 2.22. The molecule has 1 heterocycles. The monoisotopic (exact) mass is 286 g/mol. The normalized spacial score (nSPS) is 23.5. The largest absolute Gasteiger partial charge is 0.411 e. The Bertz CT molecular complexity index is 462. The summed E-state index contributed by atoms with van der Waals surface area (Å²) in [4.78, 5) is 2.31. The molecule has 0 aromatic heterocycles. The molecule has 1 fully saturated rings. The second-order valence-electron chi connectivity index (χ2n) is 4.71. The molecule has 1 aromatic rings. The van der Waals surface area contributed by atoms with Crippen LogP contribution in [0.15, 0.2) is 23.4 Å². The third-order valence-electron chi connectivity index (χ3n) is 3.32. The van der Waals surface area contributed by atoms with E-state index >= 15 is 0 Å². The van der Waals surface area contributed by atoms with Gasteiger partial charge < -0.3 is 5.21 Å². The molecule has 0 saturated carbocycles. The van der Waals surface area contributed by atoms with E-state index in [-0.39, 0.29) is 5.92 Å². The first-order chi connectivity index (χ1) is 8.60. The minimum Gasteiger partial charge on any atom is -0.411 e. The summed E-state index contributed by atoms with van der Waals surface area (Å²) in [5, 5.41) is 13.6. The maximum Gasteiger partial charge on any atom is 0.0624 e. The van der Waals surface area contributed by atoms with Crippen LogP contribution in [0.5, 0.6) is 0 Å². The molecule has 1 atom stereocenters. The number of hydrogen-bond acceptors (Lipinski definition) is 3. The van der Waals surface area contributed by atoms with Gasteiger partial charge in [0, 0.05) is 42.0 Å². The van der Waals surface area contributed by atoms with Crippen molar-refractivity contribution >= 4 is 28.9 Å². The van der Waals surface area contributed by atoms with Gasteiger partial charge in [-0.05, 0) is 17.7 Å². The molecule has 98 valence electrons. The quantitative estimate of drug-likeness (QED) is 0.665. The summed E-state index contributed by atoms with van der Waals surface area (Å²) in [6.45, 7) is 4.66. The van der Waals surface area contributed by atoms with Gasteiger partial charge in [0.2, 0.25) is 0 Å². The molecule has 0 radical (unpaired) electrons. The minimum absolute atomic E-state index is 0.287. The fourth-order valence-electron chi connectivity index (χ4n) is 2.29. The van der Waals surface area contributed by atoms with Crippen LogP contribution in [0.1, 0.15) is 18.9 Å². The van der Waals surface area contributed by atoms with Gasteiger partial charge in [0.05, 0.1) is 5.71 Å². The van der Waals surface area contributed by atoms with Gasteiger partial charge in [-0.25, -0.2) is 0 Å². The second-order valence-corrected chi connectivity index (χ2v) is 5.56. The lowest BCUT2D eigenvalue weighted by Crippen LogP contribution is -2.39. The molecule has 18 heavy (non-hydrogen) atoms. The van der Waals surface area contributed by atoms with E-state index < -0.39 is 0 Å². The van der Waals surface area contributed by atoms with E-state index in [4.69, 9.17) is 28.4 Å². The van der Waals surface area contributed by atoms with E-state index in [1.54, 1.807) is 6.07 Å². The van der Waals surface area contributed by atoms with Gasteiger partial charge in [-0.1, -0.05) is 41.3 Å². The Labute approximate surface area is 117 Å². The van der Waals surface area contributed by atoms with Crippen LogP contribution in [0.2, 0.25) is 10.0 Å². The maximum atomic E-state index is 8.85. The van der Waals surface area contributed by atoms with Gasteiger partial charge in [0.15, 0.2) is 0 Å². The average molecular weight is 287 g/mol. The Balaban J connectivity index is 2.02. The number of oxime groups is 1. The first-order valence-electron chi connectivity index (χ1n) is 5.97. The molecule has 0 aliphatic carbocycles. The summed E-state index contributed by atoms with van der Waals surface area (Å²) in [5.41, 5.74) is 1.96. The van der Waals surface area contributed by atoms with Crippen LogP contribution in [0.3, 0.4) is 0 Å². The van der Waals surface area contributed by atoms with E-state index in [9.17, 15) is 0 Å². The van der Waals surface area contributed by atoms with Crippen molar-refractivity contribution in [1.82, 2.24) is 4.90 Å². The van der Waals surface area contributed by atoms with E-state index in [0.29, 0.717) is 10.0 Å². The Kier molecular flexibility index (Phi) is 4.49. The first kappa shape index (κ1) is 13.7. The molecular formula is C13H16Cl2N2O. The Morgan fingerprint density at radius 2 is 2.22 bits per heavy atom. The lowest BCUT2D eigenvalue weighted by molar-refractivity contribution is 0.228. The molecule has 0 amide bonds. The molecule has 2 rings (SSSR count). The summed E-state index contributed by atoms with van der Waals surface area (Å²) in [7, 11) is 0. The van der Waals surface area contributed by atoms with Gasteiger partial charge in [-0.15, -0.1) is 0 Å². The smallest absolute Gasteiger partial charge is 0.0624 e. The Morgan fingerprint density at radius 1 is 1.44 bits per heavy atom. The predicted molar refractivity (Wildman–Crippen MR) is 74.7 cm³/mol. The standard InChI is InChI=1S/C13H16Cl2N2O/c1-9-7-17(5-4-13(9)16-18)8-10-2-3-11(14)6-12(10)15/h2-3,6,9,18H,4-5,7-8H2,1H3/b16-13+. The van der Waals surface area contributed by atoms with Crippen molar-refractivity contribution in [2.75, 3.05) is 13.1 Å². The maximum absolute atomic E-state index is 8.85. The fourth-order valence-corrected chi connectivity index (χ4v) is 2.75. The molecule has 0 spiro atoms. The predicted octanol–water partition coefficient (Wildman–Crippen LogP) is 3.67. The molecule has 1 N–H and O–H groups in total. The van der Waals surface area contributed by atoms with Crippen LogP contribution < -0.4 is 0 Å².